The number of carbonyl (C=O) groups is 1. The molecule has 0 saturated carbocycles. The van der Waals surface area contributed by atoms with Gasteiger partial charge in [-0.15, -0.1) is 10.2 Å². The van der Waals surface area contributed by atoms with E-state index in [1.807, 2.05) is 78.6 Å². The van der Waals surface area contributed by atoms with Gasteiger partial charge in [-0.3, -0.25) is 4.79 Å². The van der Waals surface area contributed by atoms with E-state index >= 15 is 0 Å². The lowest BCUT2D eigenvalue weighted by Crippen LogP contribution is -2.52. The second-order valence-electron chi connectivity index (χ2n) is 7.62. The molecular weight excluding hydrogens is 404 g/mol. The number of carbonyl (C=O) groups excluding carboxylic acids is 1. The molecule has 0 N–H and O–H groups in total. The van der Waals surface area contributed by atoms with Crippen molar-refractivity contribution in [3.8, 4) is 22.8 Å². The molecule has 1 aromatic heterocycles. The third-order valence-corrected chi connectivity index (χ3v) is 5.43. The van der Waals surface area contributed by atoms with Gasteiger partial charge in [-0.1, -0.05) is 30.3 Å². The molecule has 1 aliphatic rings. The number of benzene rings is 2. The quantitative estimate of drug-likeness (QED) is 0.568. The summed E-state index contributed by atoms with van der Waals surface area (Å²) >= 11 is 0. The van der Waals surface area contributed by atoms with Crippen molar-refractivity contribution in [3.05, 3.63) is 66.7 Å². The fraction of sp³-hybridized carbons (Fsp3) is 0.320. The van der Waals surface area contributed by atoms with E-state index in [2.05, 4.69) is 15.1 Å². The SMILES string of the molecule is CCOc1ccc(OC(C)C(=O)N2CCN(c3ccc(-c4ccccc4)nn3)CC2)cc1. The largest absolute Gasteiger partial charge is 0.494 e. The predicted molar refractivity (Wildman–Crippen MR) is 124 cm³/mol. The molecule has 32 heavy (non-hydrogen) atoms. The van der Waals surface area contributed by atoms with Gasteiger partial charge in [-0.2, -0.15) is 0 Å². The molecule has 2 heterocycles. The highest BCUT2D eigenvalue weighted by atomic mass is 16.5. The van der Waals surface area contributed by atoms with Crippen molar-refractivity contribution < 1.29 is 14.3 Å². The molecule has 1 aliphatic heterocycles. The van der Waals surface area contributed by atoms with E-state index in [9.17, 15) is 4.79 Å². The van der Waals surface area contributed by atoms with Gasteiger partial charge in [0.1, 0.15) is 11.5 Å². The number of piperazine rings is 1. The van der Waals surface area contributed by atoms with Crippen molar-refractivity contribution in [1.82, 2.24) is 15.1 Å². The third kappa shape index (κ3) is 5.17. The monoisotopic (exact) mass is 432 g/mol. The number of amides is 1. The first-order valence-electron chi connectivity index (χ1n) is 11.0. The van der Waals surface area contributed by atoms with Crippen LogP contribution in [0.25, 0.3) is 11.3 Å². The highest BCUT2D eigenvalue weighted by Gasteiger charge is 2.26. The van der Waals surface area contributed by atoms with E-state index in [1.54, 1.807) is 6.92 Å². The second kappa shape index (κ2) is 10.1. The number of hydrogen-bond donors (Lipinski definition) is 0. The minimum absolute atomic E-state index is 0.0101. The zero-order valence-corrected chi connectivity index (χ0v) is 18.5. The number of hydrogen-bond acceptors (Lipinski definition) is 6. The van der Waals surface area contributed by atoms with Crippen LogP contribution in [0, 0.1) is 0 Å². The Morgan fingerprint density at radius 2 is 1.59 bits per heavy atom. The number of ether oxygens (including phenoxy) is 2. The van der Waals surface area contributed by atoms with Crippen LogP contribution in [-0.2, 0) is 4.79 Å². The van der Waals surface area contributed by atoms with Crippen molar-refractivity contribution in [1.29, 1.82) is 0 Å². The molecule has 1 atom stereocenters. The predicted octanol–water partition coefficient (Wildman–Crippen LogP) is 3.66. The summed E-state index contributed by atoms with van der Waals surface area (Å²) in [5.74, 6) is 2.26. The van der Waals surface area contributed by atoms with Crippen molar-refractivity contribution in [2.24, 2.45) is 0 Å². The van der Waals surface area contributed by atoms with Gasteiger partial charge >= 0.3 is 0 Å². The fourth-order valence-corrected chi connectivity index (χ4v) is 3.71. The lowest BCUT2D eigenvalue weighted by molar-refractivity contribution is -0.138. The highest BCUT2D eigenvalue weighted by Crippen LogP contribution is 2.21. The molecule has 4 rings (SSSR count). The van der Waals surface area contributed by atoms with E-state index < -0.39 is 6.10 Å². The second-order valence-corrected chi connectivity index (χ2v) is 7.62. The molecule has 1 saturated heterocycles. The van der Waals surface area contributed by atoms with E-state index in [1.165, 1.54) is 0 Å². The molecule has 1 amide bonds. The Balaban J connectivity index is 1.29. The van der Waals surface area contributed by atoms with Gasteiger partial charge in [0.2, 0.25) is 0 Å². The zero-order chi connectivity index (χ0) is 22.3. The number of rotatable bonds is 7. The first kappa shape index (κ1) is 21.6. The van der Waals surface area contributed by atoms with Crippen LogP contribution in [0.4, 0.5) is 5.82 Å². The summed E-state index contributed by atoms with van der Waals surface area (Å²) in [6, 6.07) is 21.3. The van der Waals surface area contributed by atoms with E-state index in [-0.39, 0.29) is 5.91 Å². The van der Waals surface area contributed by atoms with Crippen molar-refractivity contribution in [2.45, 2.75) is 20.0 Å². The van der Waals surface area contributed by atoms with Gasteiger partial charge in [0.25, 0.3) is 5.91 Å². The summed E-state index contributed by atoms with van der Waals surface area (Å²) < 4.78 is 11.3. The average molecular weight is 433 g/mol. The van der Waals surface area contributed by atoms with Crippen LogP contribution in [-0.4, -0.2) is 59.9 Å². The molecule has 3 aromatic rings. The number of anilines is 1. The maximum Gasteiger partial charge on any atom is 0.263 e. The summed E-state index contributed by atoms with van der Waals surface area (Å²) in [5, 5.41) is 8.77. The number of aromatic nitrogens is 2. The Labute approximate surface area is 188 Å². The van der Waals surface area contributed by atoms with Crippen molar-refractivity contribution >= 4 is 11.7 Å². The molecule has 7 nitrogen and oxygen atoms in total. The Morgan fingerprint density at radius 3 is 2.22 bits per heavy atom. The summed E-state index contributed by atoms with van der Waals surface area (Å²) in [6.07, 6.45) is -0.551. The van der Waals surface area contributed by atoms with Gasteiger partial charge in [0.15, 0.2) is 11.9 Å². The molecule has 0 radical (unpaired) electrons. The lowest BCUT2D eigenvalue weighted by atomic mass is 10.1. The van der Waals surface area contributed by atoms with Gasteiger partial charge in [0.05, 0.1) is 12.3 Å². The van der Waals surface area contributed by atoms with Gasteiger partial charge in [-0.05, 0) is 50.2 Å². The van der Waals surface area contributed by atoms with Crippen molar-refractivity contribution in [3.63, 3.8) is 0 Å². The Morgan fingerprint density at radius 1 is 0.906 bits per heavy atom. The molecule has 0 bridgehead atoms. The topological polar surface area (TPSA) is 67.8 Å². The van der Waals surface area contributed by atoms with E-state index in [0.717, 1.165) is 22.8 Å². The molecule has 0 aliphatic carbocycles. The van der Waals surface area contributed by atoms with Gasteiger partial charge in [-0.25, -0.2) is 0 Å². The molecule has 0 spiro atoms. The van der Waals surface area contributed by atoms with Crippen LogP contribution in [0.15, 0.2) is 66.7 Å². The summed E-state index contributed by atoms with van der Waals surface area (Å²) in [7, 11) is 0. The van der Waals surface area contributed by atoms with Gasteiger partial charge in [0, 0.05) is 31.7 Å². The first-order valence-corrected chi connectivity index (χ1v) is 11.0. The van der Waals surface area contributed by atoms with Crippen LogP contribution in [0.2, 0.25) is 0 Å². The van der Waals surface area contributed by atoms with E-state index in [4.69, 9.17) is 9.47 Å². The lowest BCUT2D eigenvalue weighted by Gasteiger charge is -2.36. The van der Waals surface area contributed by atoms with Crippen LogP contribution in [0.3, 0.4) is 0 Å². The first-order chi connectivity index (χ1) is 15.6. The third-order valence-electron chi connectivity index (χ3n) is 5.43. The molecule has 166 valence electrons. The minimum Gasteiger partial charge on any atom is -0.494 e. The smallest absolute Gasteiger partial charge is 0.263 e. The average Bonchev–Trinajstić information content (AvgIpc) is 2.86. The summed E-state index contributed by atoms with van der Waals surface area (Å²) in [5.41, 5.74) is 1.90. The van der Waals surface area contributed by atoms with Crippen LogP contribution in [0.5, 0.6) is 11.5 Å². The number of nitrogens with zero attached hydrogens (tertiary/aromatic N) is 4. The van der Waals surface area contributed by atoms with Crippen LogP contribution < -0.4 is 14.4 Å². The molecule has 1 fully saturated rings. The Bertz CT molecular complexity index is 1000. The molecule has 1 unspecified atom stereocenters. The Kier molecular flexibility index (Phi) is 6.84. The maximum absolute atomic E-state index is 12.8. The summed E-state index contributed by atoms with van der Waals surface area (Å²) in [6.45, 7) is 7.01. The standard InChI is InChI=1S/C25H28N4O3/c1-3-31-21-9-11-22(12-10-21)32-19(2)25(30)29-17-15-28(16-18-29)24-14-13-23(26-27-24)20-7-5-4-6-8-20/h4-14,19H,3,15-18H2,1-2H3. The normalized spacial score (nSPS) is 14.7. The zero-order valence-electron chi connectivity index (χ0n) is 18.5. The molecule has 2 aromatic carbocycles. The minimum atomic E-state index is -0.551. The molecule has 7 heteroatoms. The fourth-order valence-electron chi connectivity index (χ4n) is 3.71. The summed E-state index contributed by atoms with van der Waals surface area (Å²) in [4.78, 5) is 16.9. The Hall–Kier alpha value is -3.61. The highest BCUT2D eigenvalue weighted by molar-refractivity contribution is 5.81. The molecular formula is C25H28N4O3. The maximum atomic E-state index is 12.8. The van der Waals surface area contributed by atoms with Crippen molar-refractivity contribution in [2.75, 3.05) is 37.7 Å². The van der Waals surface area contributed by atoms with Gasteiger partial charge < -0.3 is 19.3 Å². The van der Waals surface area contributed by atoms with Crippen LogP contribution in [0.1, 0.15) is 13.8 Å². The van der Waals surface area contributed by atoms with E-state index in [0.29, 0.717) is 38.5 Å². The van der Waals surface area contributed by atoms with Crippen LogP contribution >= 0.6 is 0 Å².